The molecule has 2 rings (SSSR count). The first kappa shape index (κ1) is 13.9. The normalized spacial score (nSPS) is 16.9. The molecule has 0 atom stereocenters. The number of para-hydroxylation sites is 1. The Morgan fingerprint density at radius 3 is 2.63 bits per heavy atom. The van der Waals surface area contributed by atoms with Gasteiger partial charge in [0.05, 0.1) is 18.7 Å². The number of nitrogens with zero attached hydrogens (tertiary/aromatic N) is 2. The van der Waals surface area contributed by atoms with Crippen molar-refractivity contribution in [2.45, 2.75) is 26.3 Å². The minimum atomic E-state index is -0.145. The Morgan fingerprint density at radius 2 is 2.05 bits per heavy atom. The predicted molar refractivity (Wildman–Crippen MR) is 77.7 cm³/mol. The number of hydrogen-bond donors (Lipinski definition) is 0. The number of amidine groups is 1. The van der Waals surface area contributed by atoms with Crippen LogP contribution in [-0.2, 0) is 9.47 Å². The van der Waals surface area contributed by atoms with E-state index in [0.29, 0.717) is 19.2 Å². The summed E-state index contributed by atoms with van der Waals surface area (Å²) in [7, 11) is 0. The molecule has 4 nitrogen and oxygen atoms in total. The van der Waals surface area contributed by atoms with Crippen LogP contribution in [0.4, 0.5) is 5.69 Å². The van der Waals surface area contributed by atoms with Crippen LogP contribution in [0.15, 0.2) is 35.3 Å². The molecule has 0 aliphatic carbocycles. The van der Waals surface area contributed by atoms with E-state index >= 15 is 0 Å². The fourth-order valence-corrected chi connectivity index (χ4v) is 1.95. The Hall–Kier alpha value is -1.55. The third-order valence-electron chi connectivity index (χ3n) is 2.91. The maximum Gasteiger partial charge on any atom is 0.292 e. The summed E-state index contributed by atoms with van der Waals surface area (Å²) in [5.41, 5.74) is 0.937. The van der Waals surface area contributed by atoms with Crippen molar-refractivity contribution < 1.29 is 9.47 Å². The number of rotatable bonds is 5. The van der Waals surface area contributed by atoms with E-state index in [0.717, 1.165) is 18.8 Å². The van der Waals surface area contributed by atoms with Gasteiger partial charge in [-0.15, -0.1) is 0 Å². The van der Waals surface area contributed by atoms with Crippen LogP contribution in [0.1, 0.15) is 20.8 Å². The van der Waals surface area contributed by atoms with Crippen LogP contribution in [0.5, 0.6) is 0 Å². The maximum atomic E-state index is 5.74. The molecule has 0 spiro atoms. The maximum absolute atomic E-state index is 5.74. The van der Waals surface area contributed by atoms with Gasteiger partial charge < -0.3 is 9.47 Å². The summed E-state index contributed by atoms with van der Waals surface area (Å²) in [6.07, 6.45) is 0. The summed E-state index contributed by atoms with van der Waals surface area (Å²) in [4.78, 5) is 6.71. The summed E-state index contributed by atoms with van der Waals surface area (Å²) in [6.45, 7) is 8.90. The molecule has 1 aromatic rings. The highest BCUT2D eigenvalue weighted by Crippen LogP contribution is 2.22. The van der Waals surface area contributed by atoms with E-state index in [9.17, 15) is 0 Å². The fraction of sp³-hybridized carbons (Fsp3) is 0.533. The molecule has 0 saturated heterocycles. The molecule has 0 aromatic heterocycles. The molecule has 104 valence electrons. The van der Waals surface area contributed by atoms with Crippen molar-refractivity contribution in [3.8, 4) is 0 Å². The van der Waals surface area contributed by atoms with E-state index in [4.69, 9.17) is 9.47 Å². The van der Waals surface area contributed by atoms with E-state index in [1.807, 2.05) is 25.1 Å². The number of hydrogen-bond acceptors (Lipinski definition) is 4. The summed E-state index contributed by atoms with van der Waals surface area (Å²) >= 11 is 0. The SMILES string of the molecule is CCOCCN(C1=NC(C)(C)CO1)c1ccccc1. The van der Waals surface area contributed by atoms with Crippen molar-refractivity contribution >= 4 is 11.7 Å². The number of benzene rings is 1. The van der Waals surface area contributed by atoms with Gasteiger partial charge in [-0.1, -0.05) is 18.2 Å². The first-order chi connectivity index (χ1) is 9.12. The molecular formula is C15H22N2O2. The second-order valence-corrected chi connectivity index (χ2v) is 5.18. The first-order valence-electron chi connectivity index (χ1n) is 6.75. The van der Waals surface area contributed by atoms with Crippen LogP contribution in [0.3, 0.4) is 0 Å². The number of ether oxygens (including phenoxy) is 2. The predicted octanol–water partition coefficient (Wildman–Crippen LogP) is 2.69. The van der Waals surface area contributed by atoms with Gasteiger partial charge in [-0.05, 0) is 32.9 Å². The van der Waals surface area contributed by atoms with Crippen LogP contribution in [0.25, 0.3) is 0 Å². The van der Waals surface area contributed by atoms with E-state index < -0.39 is 0 Å². The van der Waals surface area contributed by atoms with Crippen molar-refractivity contribution in [3.63, 3.8) is 0 Å². The molecule has 0 radical (unpaired) electrons. The highest BCUT2D eigenvalue weighted by Gasteiger charge is 2.30. The largest absolute Gasteiger partial charge is 0.462 e. The lowest BCUT2D eigenvalue weighted by molar-refractivity contribution is 0.154. The second-order valence-electron chi connectivity index (χ2n) is 5.18. The third-order valence-corrected chi connectivity index (χ3v) is 2.91. The van der Waals surface area contributed by atoms with Gasteiger partial charge >= 0.3 is 0 Å². The van der Waals surface area contributed by atoms with Gasteiger partial charge in [0, 0.05) is 12.3 Å². The van der Waals surface area contributed by atoms with Crippen LogP contribution >= 0.6 is 0 Å². The summed E-state index contributed by atoms with van der Waals surface area (Å²) in [5.74, 6) is 0. The molecule has 0 amide bonds. The zero-order valence-electron chi connectivity index (χ0n) is 11.9. The zero-order valence-corrected chi connectivity index (χ0v) is 11.9. The lowest BCUT2D eigenvalue weighted by atomic mass is 10.1. The Bertz CT molecular complexity index is 429. The summed E-state index contributed by atoms with van der Waals surface area (Å²) in [5, 5.41) is 0. The Morgan fingerprint density at radius 1 is 1.32 bits per heavy atom. The average Bonchev–Trinajstić information content (AvgIpc) is 2.76. The summed E-state index contributed by atoms with van der Waals surface area (Å²) < 4.78 is 11.2. The Balaban J connectivity index is 2.15. The molecule has 19 heavy (non-hydrogen) atoms. The lowest BCUT2D eigenvalue weighted by Crippen LogP contribution is -2.34. The molecule has 1 aromatic carbocycles. The van der Waals surface area contributed by atoms with Gasteiger partial charge in [0.2, 0.25) is 0 Å². The van der Waals surface area contributed by atoms with Gasteiger partial charge in [0.15, 0.2) is 0 Å². The molecule has 0 saturated carbocycles. The Labute approximate surface area is 115 Å². The molecule has 0 N–H and O–H groups in total. The van der Waals surface area contributed by atoms with Gasteiger partial charge in [-0.2, -0.15) is 0 Å². The standard InChI is InChI=1S/C15H22N2O2/c1-4-18-11-10-17(13-8-6-5-7-9-13)14-16-15(2,3)12-19-14/h5-9H,4,10-12H2,1-3H3. The van der Waals surface area contributed by atoms with E-state index in [2.05, 4.69) is 35.9 Å². The van der Waals surface area contributed by atoms with Crippen LogP contribution < -0.4 is 4.90 Å². The van der Waals surface area contributed by atoms with E-state index in [1.54, 1.807) is 0 Å². The van der Waals surface area contributed by atoms with Crippen LogP contribution in [0.2, 0.25) is 0 Å². The van der Waals surface area contributed by atoms with Gasteiger partial charge in [0.25, 0.3) is 6.02 Å². The smallest absolute Gasteiger partial charge is 0.292 e. The average molecular weight is 262 g/mol. The molecule has 4 heteroatoms. The van der Waals surface area contributed by atoms with Gasteiger partial charge in [-0.25, -0.2) is 4.99 Å². The quantitative estimate of drug-likeness (QED) is 0.765. The molecule has 0 unspecified atom stereocenters. The molecule has 0 bridgehead atoms. The zero-order chi connectivity index (χ0) is 13.7. The number of anilines is 1. The molecule has 0 fully saturated rings. The minimum Gasteiger partial charge on any atom is -0.462 e. The monoisotopic (exact) mass is 262 g/mol. The van der Waals surface area contributed by atoms with Crippen LogP contribution in [0, 0.1) is 0 Å². The van der Waals surface area contributed by atoms with Gasteiger partial charge in [-0.3, -0.25) is 4.90 Å². The molecule has 1 aliphatic heterocycles. The number of aliphatic imine (C=N–C) groups is 1. The highest BCUT2D eigenvalue weighted by atomic mass is 16.5. The molecular weight excluding hydrogens is 240 g/mol. The van der Waals surface area contributed by atoms with Crippen molar-refractivity contribution in [1.29, 1.82) is 0 Å². The topological polar surface area (TPSA) is 34.1 Å². The summed E-state index contributed by atoms with van der Waals surface area (Å²) in [6, 6.07) is 10.8. The van der Waals surface area contributed by atoms with Crippen LogP contribution in [-0.4, -0.2) is 37.9 Å². The van der Waals surface area contributed by atoms with Crippen molar-refractivity contribution in [1.82, 2.24) is 0 Å². The third kappa shape index (κ3) is 3.70. The Kier molecular flexibility index (Phi) is 4.43. The minimum absolute atomic E-state index is 0.145. The van der Waals surface area contributed by atoms with Crippen molar-refractivity contribution in [2.75, 3.05) is 31.3 Å². The van der Waals surface area contributed by atoms with Crippen molar-refractivity contribution in [3.05, 3.63) is 30.3 Å². The first-order valence-corrected chi connectivity index (χ1v) is 6.75. The lowest BCUT2D eigenvalue weighted by Gasteiger charge is -2.23. The fourth-order valence-electron chi connectivity index (χ4n) is 1.95. The van der Waals surface area contributed by atoms with E-state index in [1.165, 1.54) is 0 Å². The van der Waals surface area contributed by atoms with Crippen molar-refractivity contribution in [2.24, 2.45) is 4.99 Å². The van der Waals surface area contributed by atoms with Gasteiger partial charge in [0.1, 0.15) is 6.61 Å². The van der Waals surface area contributed by atoms with E-state index in [-0.39, 0.29) is 5.54 Å². The molecule has 1 heterocycles. The highest BCUT2D eigenvalue weighted by molar-refractivity contribution is 5.92. The second kappa shape index (κ2) is 6.06. The molecule has 1 aliphatic rings.